The van der Waals surface area contributed by atoms with Crippen LogP contribution in [0.3, 0.4) is 0 Å². The second kappa shape index (κ2) is 7.46. The second-order valence-electron chi connectivity index (χ2n) is 9.84. The van der Waals surface area contributed by atoms with Crippen molar-refractivity contribution in [3.63, 3.8) is 0 Å². The molecule has 1 aliphatic heterocycles. The summed E-state index contributed by atoms with van der Waals surface area (Å²) in [7, 11) is 0. The molecule has 5 rings (SSSR count). The number of hydrogen-bond donors (Lipinski definition) is 1. The van der Waals surface area contributed by atoms with Crippen LogP contribution in [0.25, 0.3) is 0 Å². The van der Waals surface area contributed by atoms with Crippen LogP contribution >= 0.6 is 0 Å². The maximum atomic E-state index is 15.5. The predicted molar refractivity (Wildman–Crippen MR) is 116 cm³/mol. The van der Waals surface area contributed by atoms with Gasteiger partial charge in [-0.3, -0.25) is 19.3 Å². The van der Waals surface area contributed by atoms with E-state index in [1.54, 1.807) is 0 Å². The number of hydrogen-bond acceptors (Lipinski definition) is 4. The molecule has 0 unspecified atom stereocenters. The normalized spacial score (nSPS) is 23.8. The molecule has 1 amide bonds. The Morgan fingerprint density at radius 1 is 1.21 bits per heavy atom. The fourth-order valence-corrected chi connectivity index (χ4v) is 5.48. The molecule has 2 atom stereocenters. The topological polar surface area (TPSA) is 92.5 Å². The molecule has 3 aliphatic rings. The average Bonchev–Trinajstić information content (AvgIpc) is 3.45. The van der Waals surface area contributed by atoms with Gasteiger partial charge in [-0.15, -0.1) is 0 Å². The molecular weight excluding hydrogens is 432 g/mol. The molecule has 2 aromatic rings. The van der Waals surface area contributed by atoms with Crippen molar-refractivity contribution in [2.45, 2.75) is 69.7 Å². The number of amides is 1. The van der Waals surface area contributed by atoms with Crippen LogP contribution in [0.15, 0.2) is 23.3 Å². The van der Waals surface area contributed by atoms with Gasteiger partial charge in [0.25, 0.3) is 5.56 Å². The van der Waals surface area contributed by atoms with Gasteiger partial charge in [0.15, 0.2) is 0 Å². The molecule has 7 nitrogen and oxygen atoms in total. The van der Waals surface area contributed by atoms with Crippen LogP contribution < -0.4 is 10.5 Å². The smallest absolute Gasteiger partial charge is 0.303 e. The first-order chi connectivity index (χ1) is 15.6. The summed E-state index contributed by atoms with van der Waals surface area (Å²) in [5, 5.41) is 9.23. The maximum Gasteiger partial charge on any atom is 0.303 e. The molecule has 9 heteroatoms. The summed E-state index contributed by atoms with van der Waals surface area (Å²) in [6.07, 6.45) is 6.35. The Bertz CT molecular complexity index is 1230. The molecule has 2 fully saturated rings. The minimum atomic E-state index is -1.38. The van der Waals surface area contributed by atoms with E-state index in [2.05, 4.69) is 4.98 Å². The number of rotatable bonds is 5. The second-order valence-corrected chi connectivity index (χ2v) is 9.84. The van der Waals surface area contributed by atoms with E-state index in [4.69, 9.17) is 0 Å². The van der Waals surface area contributed by atoms with Crippen molar-refractivity contribution in [1.82, 2.24) is 9.55 Å². The molecule has 2 saturated carbocycles. The molecule has 1 N–H and O–H groups in total. The lowest BCUT2D eigenvalue weighted by Crippen LogP contribution is -2.39. The highest BCUT2D eigenvalue weighted by Crippen LogP contribution is 2.51. The lowest BCUT2D eigenvalue weighted by atomic mass is 9.84. The molecule has 0 saturated heterocycles. The minimum absolute atomic E-state index is 0.0457. The van der Waals surface area contributed by atoms with E-state index >= 15 is 8.78 Å². The van der Waals surface area contributed by atoms with Crippen molar-refractivity contribution < 1.29 is 23.5 Å². The molecule has 1 aromatic carbocycles. The standard InChI is InChI=1S/C24H25F2N3O4/c1-24(2)18-19(26)14(12-6-7-12)11-15(25)20(18)29(23(24)33)21-22(32)28(9-8-27-21)16-5-3-4-13(16)10-17(30)31/h8-9,11-13,16H,3-7,10H2,1-2H3,(H,30,31)/t13-,16-/m1/s1. The maximum absolute atomic E-state index is 15.5. The van der Waals surface area contributed by atoms with Gasteiger partial charge >= 0.3 is 5.97 Å². The van der Waals surface area contributed by atoms with Gasteiger partial charge in [-0.2, -0.15) is 0 Å². The van der Waals surface area contributed by atoms with Gasteiger partial charge in [-0.05, 0) is 63.0 Å². The highest BCUT2D eigenvalue weighted by atomic mass is 19.1. The molecule has 1 aromatic heterocycles. The highest BCUT2D eigenvalue weighted by Gasteiger charge is 2.51. The Kier molecular flexibility index (Phi) is 4.91. The van der Waals surface area contributed by atoms with Crippen LogP contribution in [0.1, 0.15) is 75.5 Å². The fraction of sp³-hybridized carbons (Fsp3) is 0.500. The van der Waals surface area contributed by atoms with Crippen molar-refractivity contribution in [1.29, 1.82) is 0 Å². The SMILES string of the molecule is CC1(C)C(=O)N(c2nccn([C@@H]3CCC[C@@H]3CC(=O)O)c2=O)c2c(F)cc(C3CC3)c(F)c21. The van der Waals surface area contributed by atoms with E-state index in [1.807, 2.05) is 0 Å². The third kappa shape index (κ3) is 3.28. The number of carbonyl (C=O) groups is 2. The van der Waals surface area contributed by atoms with Gasteiger partial charge in [-0.1, -0.05) is 6.42 Å². The quantitative estimate of drug-likeness (QED) is 0.728. The van der Waals surface area contributed by atoms with Crippen LogP contribution in [0.5, 0.6) is 0 Å². The van der Waals surface area contributed by atoms with Gasteiger partial charge in [-0.25, -0.2) is 13.8 Å². The van der Waals surface area contributed by atoms with E-state index in [9.17, 15) is 19.5 Å². The zero-order chi connectivity index (χ0) is 23.7. The monoisotopic (exact) mass is 457 g/mol. The third-order valence-corrected chi connectivity index (χ3v) is 7.30. The van der Waals surface area contributed by atoms with Gasteiger partial charge < -0.3 is 9.67 Å². The summed E-state index contributed by atoms with van der Waals surface area (Å²) in [6.45, 7) is 3.05. The molecule has 2 aliphatic carbocycles. The summed E-state index contributed by atoms with van der Waals surface area (Å²) in [5.74, 6) is -3.50. The van der Waals surface area contributed by atoms with Crippen LogP contribution in [-0.2, 0) is 15.0 Å². The molecule has 2 heterocycles. The van der Waals surface area contributed by atoms with Gasteiger partial charge in [0.2, 0.25) is 11.7 Å². The van der Waals surface area contributed by atoms with E-state index in [1.165, 1.54) is 30.8 Å². The molecule has 33 heavy (non-hydrogen) atoms. The number of carbonyl (C=O) groups excluding carboxylic acids is 1. The summed E-state index contributed by atoms with van der Waals surface area (Å²) < 4.78 is 32.2. The summed E-state index contributed by atoms with van der Waals surface area (Å²) in [4.78, 5) is 43.1. The van der Waals surface area contributed by atoms with Gasteiger partial charge in [0, 0.05) is 24.0 Å². The number of anilines is 2. The number of aromatic nitrogens is 2. The highest BCUT2D eigenvalue weighted by molar-refractivity contribution is 6.12. The fourth-order valence-electron chi connectivity index (χ4n) is 5.48. The van der Waals surface area contributed by atoms with E-state index in [-0.39, 0.29) is 46.9 Å². The lowest BCUT2D eigenvalue weighted by molar-refractivity contribution is -0.138. The van der Waals surface area contributed by atoms with Crippen LogP contribution in [-0.4, -0.2) is 26.5 Å². The van der Waals surface area contributed by atoms with Crippen molar-refractivity contribution in [2.24, 2.45) is 5.92 Å². The van der Waals surface area contributed by atoms with Crippen molar-refractivity contribution in [3.8, 4) is 0 Å². The number of halogens is 2. The van der Waals surface area contributed by atoms with Crippen molar-refractivity contribution in [3.05, 3.63) is 51.6 Å². The van der Waals surface area contributed by atoms with Crippen LogP contribution in [0, 0.1) is 17.6 Å². The van der Waals surface area contributed by atoms with E-state index in [0.29, 0.717) is 12.8 Å². The Hall–Kier alpha value is -3.10. The molecule has 0 radical (unpaired) electrons. The van der Waals surface area contributed by atoms with E-state index in [0.717, 1.165) is 30.2 Å². The van der Waals surface area contributed by atoms with Gasteiger partial charge in [0.1, 0.15) is 11.6 Å². The zero-order valence-corrected chi connectivity index (χ0v) is 18.5. The summed E-state index contributed by atoms with van der Waals surface area (Å²) in [5.41, 5.74) is -2.03. The Morgan fingerprint density at radius 2 is 1.94 bits per heavy atom. The minimum Gasteiger partial charge on any atom is -0.481 e. The number of carboxylic acid groups (broad SMARTS) is 1. The predicted octanol–water partition coefficient (Wildman–Crippen LogP) is 4.17. The number of benzene rings is 1. The Labute approximate surface area is 189 Å². The Balaban J connectivity index is 1.64. The molecule has 0 bridgehead atoms. The molecule has 174 valence electrons. The molecule has 0 spiro atoms. The lowest BCUT2D eigenvalue weighted by Gasteiger charge is -2.23. The average molecular weight is 457 g/mol. The number of aliphatic carboxylic acids is 1. The first kappa shape index (κ1) is 21.7. The number of carboxylic acids is 1. The van der Waals surface area contributed by atoms with Crippen molar-refractivity contribution >= 4 is 23.4 Å². The number of fused-ring (bicyclic) bond motifs is 1. The summed E-state index contributed by atoms with van der Waals surface area (Å²) in [6, 6.07) is 0.772. The van der Waals surface area contributed by atoms with Gasteiger partial charge in [0.05, 0.1) is 17.5 Å². The van der Waals surface area contributed by atoms with Crippen LogP contribution in [0.4, 0.5) is 20.3 Å². The first-order valence-electron chi connectivity index (χ1n) is 11.3. The first-order valence-corrected chi connectivity index (χ1v) is 11.3. The van der Waals surface area contributed by atoms with Crippen molar-refractivity contribution in [2.75, 3.05) is 4.90 Å². The zero-order valence-electron chi connectivity index (χ0n) is 18.5. The van der Waals surface area contributed by atoms with Crippen LogP contribution in [0.2, 0.25) is 0 Å². The largest absolute Gasteiger partial charge is 0.481 e. The molecular formula is C24H25F2N3O4. The Morgan fingerprint density at radius 3 is 2.61 bits per heavy atom. The third-order valence-electron chi connectivity index (χ3n) is 7.30. The number of nitrogens with zero attached hydrogens (tertiary/aromatic N) is 3. The van der Waals surface area contributed by atoms with E-state index < -0.39 is 34.5 Å². The summed E-state index contributed by atoms with van der Waals surface area (Å²) >= 11 is 0.